The van der Waals surface area contributed by atoms with Gasteiger partial charge in [0.25, 0.3) is 0 Å². The second-order valence-corrected chi connectivity index (χ2v) is 4.14. The Hall–Kier alpha value is -2.08. The third-order valence-corrected chi connectivity index (χ3v) is 2.97. The predicted octanol–water partition coefficient (Wildman–Crippen LogP) is 2.82. The maximum Gasteiger partial charge on any atom is 0.194 e. The summed E-state index contributed by atoms with van der Waals surface area (Å²) >= 11 is 0. The number of hydrogen-bond donors (Lipinski definition) is 1. The lowest BCUT2D eigenvalue weighted by Crippen LogP contribution is -2.20. The van der Waals surface area contributed by atoms with E-state index in [9.17, 15) is 13.2 Å². The van der Waals surface area contributed by atoms with E-state index in [1.807, 2.05) is 0 Å². The van der Waals surface area contributed by atoms with Crippen molar-refractivity contribution in [2.24, 2.45) is 0 Å². The molecule has 1 N–H and O–H groups in total. The van der Waals surface area contributed by atoms with Gasteiger partial charge in [-0.15, -0.1) is 0 Å². The molecule has 2 aromatic rings. The highest BCUT2D eigenvalue weighted by molar-refractivity contribution is 5.35. The van der Waals surface area contributed by atoms with Gasteiger partial charge in [0.1, 0.15) is 5.75 Å². The number of pyridine rings is 1. The summed E-state index contributed by atoms with van der Waals surface area (Å²) in [6.45, 7) is 0. The Labute approximate surface area is 114 Å². The van der Waals surface area contributed by atoms with Crippen molar-refractivity contribution in [3.63, 3.8) is 0 Å². The summed E-state index contributed by atoms with van der Waals surface area (Å²) in [4.78, 5) is 3.96. The third kappa shape index (κ3) is 2.60. The van der Waals surface area contributed by atoms with E-state index in [4.69, 9.17) is 4.74 Å². The van der Waals surface area contributed by atoms with Gasteiger partial charge in [-0.25, -0.2) is 13.2 Å². The zero-order valence-corrected chi connectivity index (χ0v) is 11.0. The highest BCUT2D eigenvalue weighted by atomic mass is 19.2. The molecule has 2 rings (SSSR count). The number of halogens is 3. The average Bonchev–Trinajstić information content (AvgIpc) is 2.48. The smallest absolute Gasteiger partial charge is 0.194 e. The van der Waals surface area contributed by atoms with Gasteiger partial charge >= 0.3 is 0 Å². The van der Waals surface area contributed by atoms with Gasteiger partial charge < -0.3 is 10.1 Å². The van der Waals surface area contributed by atoms with Gasteiger partial charge in [-0.3, -0.25) is 4.98 Å². The lowest BCUT2D eigenvalue weighted by molar-refractivity contribution is 0.411. The highest BCUT2D eigenvalue weighted by Gasteiger charge is 2.21. The van der Waals surface area contributed by atoms with Gasteiger partial charge in [-0.05, 0) is 24.7 Å². The van der Waals surface area contributed by atoms with Gasteiger partial charge in [-0.2, -0.15) is 0 Å². The molecule has 3 nitrogen and oxygen atoms in total. The van der Waals surface area contributed by atoms with Crippen molar-refractivity contribution >= 4 is 0 Å². The molecule has 6 heteroatoms. The standard InChI is InChI=1S/C14H13F3N2O/c1-18-14(8-5-9(20-2)7-19-6-8)10-3-4-11(15)13(17)12(10)16/h3-7,14,18H,1-2H3. The molecule has 0 amide bonds. The largest absolute Gasteiger partial charge is 0.495 e. The van der Waals surface area contributed by atoms with Crippen molar-refractivity contribution in [2.45, 2.75) is 6.04 Å². The van der Waals surface area contributed by atoms with E-state index in [-0.39, 0.29) is 5.56 Å². The summed E-state index contributed by atoms with van der Waals surface area (Å²) in [5.41, 5.74) is 0.582. The minimum Gasteiger partial charge on any atom is -0.495 e. The molecule has 0 saturated heterocycles. The Balaban J connectivity index is 2.49. The SMILES string of the molecule is CNC(c1cncc(OC)c1)c1ccc(F)c(F)c1F. The summed E-state index contributed by atoms with van der Waals surface area (Å²) in [5, 5.41) is 2.85. The first-order chi connectivity index (χ1) is 9.58. The number of ether oxygens (including phenoxy) is 1. The van der Waals surface area contributed by atoms with E-state index in [0.717, 1.165) is 6.07 Å². The van der Waals surface area contributed by atoms with Crippen LogP contribution in [0.3, 0.4) is 0 Å². The van der Waals surface area contributed by atoms with Crippen LogP contribution in [-0.2, 0) is 0 Å². The maximum atomic E-state index is 13.9. The zero-order valence-electron chi connectivity index (χ0n) is 11.0. The van der Waals surface area contributed by atoms with Crippen molar-refractivity contribution < 1.29 is 17.9 Å². The first-order valence-electron chi connectivity index (χ1n) is 5.88. The fourth-order valence-corrected chi connectivity index (χ4v) is 1.97. The average molecular weight is 282 g/mol. The number of hydrogen-bond acceptors (Lipinski definition) is 3. The molecule has 0 spiro atoms. The second kappa shape index (κ2) is 5.92. The predicted molar refractivity (Wildman–Crippen MR) is 68.0 cm³/mol. The van der Waals surface area contributed by atoms with Crippen LogP contribution in [0.5, 0.6) is 5.75 Å². The van der Waals surface area contributed by atoms with E-state index in [1.165, 1.54) is 25.6 Å². The summed E-state index contributed by atoms with van der Waals surface area (Å²) in [6.07, 6.45) is 3.00. The number of nitrogens with zero attached hydrogens (tertiary/aromatic N) is 1. The normalized spacial score (nSPS) is 12.2. The molecular formula is C14H13F3N2O. The molecule has 0 saturated carbocycles. The maximum absolute atomic E-state index is 13.9. The van der Waals surface area contributed by atoms with Crippen LogP contribution in [0, 0.1) is 17.5 Å². The number of nitrogens with one attached hydrogen (secondary N) is 1. The molecule has 1 aromatic heterocycles. The van der Waals surface area contributed by atoms with Gasteiger partial charge in [0, 0.05) is 11.8 Å². The fraction of sp³-hybridized carbons (Fsp3) is 0.214. The first-order valence-corrected chi connectivity index (χ1v) is 5.88. The topological polar surface area (TPSA) is 34.2 Å². The number of benzene rings is 1. The molecule has 1 unspecified atom stereocenters. The van der Waals surface area contributed by atoms with E-state index in [1.54, 1.807) is 13.1 Å². The Morgan fingerprint density at radius 2 is 1.90 bits per heavy atom. The molecule has 1 aromatic carbocycles. The molecule has 0 radical (unpaired) electrons. The molecule has 1 heterocycles. The van der Waals surface area contributed by atoms with Crippen LogP contribution >= 0.6 is 0 Å². The summed E-state index contributed by atoms with van der Waals surface area (Å²) in [7, 11) is 3.07. The minimum atomic E-state index is -1.49. The summed E-state index contributed by atoms with van der Waals surface area (Å²) < 4.78 is 45.2. The quantitative estimate of drug-likeness (QED) is 0.876. The van der Waals surface area contributed by atoms with E-state index < -0.39 is 23.5 Å². The van der Waals surface area contributed by atoms with Crippen LogP contribution in [0.4, 0.5) is 13.2 Å². The Bertz CT molecular complexity index is 619. The molecule has 1 atom stereocenters. The first kappa shape index (κ1) is 14.3. The summed E-state index contributed by atoms with van der Waals surface area (Å²) in [6, 6.07) is 3.09. The zero-order chi connectivity index (χ0) is 14.7. The van der Waals surface area contributed by atoms with Crippen LogP contribution in [0.15, 0.2) is 30.6 Å². The highest BCUT2D eigenvalue weighted by Crippen LogP contribution is 2.27. The van der Waals surface area contributed by atoms with Crippen molar-refractivity contribution in [3.8, 4) is 5.75 Å². The molecule has 0 bridgehead atoms. The van der Waals surface area contributed by atoms with Gasteiger partial charge in [0.2, 0.25) is 0 Å². The lowest BCUT2D eigenvalue weighted by Gasteiger charge is -2.18. The monoisotopic (exact) mass is 282 g/mol. The van der Waals surface area contributed by atoms with Crippen LogP contribution < -0.4 is 10.1 Å². The molecule has 20 heavy (non-hydrogen) atoms. The van der Waals surface area contributed by atoms with Gasteiger partial charge in [0.05, 0.1) is 19.3 Å². The van der Waals surface area contributed by atoms with Crippen molar-refractivity contribution in [1.29, 1.82) is 0 Å². The molecule has 0 aliphatic rings. The van der Waals surface area contributed by atoms with Crippen LogP contribution in [-0.4, -0.2) is 19.1 Å². The Morgan fingerprint density at radius 1 is 1.15 bits per heavy atom. The lowest BCUT2D eigenvalue weighted by atomic mass is 9.99. The van der Waals surface area contributed by atoms with Crippen LogP contribution in [0.25, 0.3) is 0 Å². The molecule has 0 aliphatic carbocycles. The molecular weight excluding hydrogens is 269 g/mol. The van der Waals surface area contributed by atoms with Crippen molar-refractivity contribution in [1.82, 2.24) is 10.3 Å². The third-order valence-electron chi connectivity index (χ3n) is 2.97. The Kier molecular flexibility index (Phi) is 4.24. The van der Waals surface area contributed by atoms with Crippen LogP contribution in [0.2, 0.25) is 0 Å². The van der Waals surface area contributed by atoms with E-state index >= 15 is 0 Å². The molecule has 0 aliphatic heterocycles. The number of rotatable bonds is 4. The van der Waals surface area contributed by atoms with Crippen molar-refractivity contribution in [3.05, 3.63) is 59.2 Å². The van der Waals surface area contributed by atoms with Gasteiger partial charge in [0.15, 0.2) is 17.5 Å². The van der Waals surface area contributed by atoms with Gasteiger partial charge in [-0.1, -0.05) is 6.07 Å². The number of aromatic nitrogens is 1. The van der Waals surface area contributed by atoms with Crippen molar-refractivity contribution in [2.75, 3.05) is 14.2 Å². The summed E-state index contributed by atoms with van der Waals surface area (Å²) in [5.74, 6) is -3.43. The second-order valence-electron chi connectivity index (χ2n) is 4.14. The minimum absolute atomic E-state index is 0.00135. The van der Waals surface area contributed by atoms with Crippen LogP contribution in [0.1, 0.15) is 17.2 Å². The van der Waals surface area contributed by atoms with E-state index in [0.29, 0.717) is 11.3 Å². The number of methoxy groups -OCH3 is 1. The molecule has 0 fully saturated rings. The molecule has 106 valence electrons. The van der Waals surface area contributed by atoms with E-state index in [2.05, 4.69) is 10.3 Å². The fourth-order valence-electron chi connectivity index (χ4n) is 1.97. The Morgan fingerprint density at radius 3 is 2.55 bits per heavy atom.